The topological polar surface area (TPSA) is 79.6 Å². The highest BCUT2D eigenvalue weighted by molar-refractivity contribution is 7.88. The Morgan fingerprint density at radius 3 is 2.64 bits per heavy atom. The van der Waals surface area contributed by atoms with Crippen LogP contribution in [0.3, 0.4) is 0 Å². The van der Waals surface area contributed by atoms with E-state index in [9.17, 15) is 13.2 Å². The number of thiophene rings is 1. The van der Waals surface area contributed by atoms with Crippen LogP contribution in [0.5, 0.6) is 0 Å². The van der Waals surface area contributed by atoms with Gasteiger partial charge in [-0.05, 0) is 19.1 Å². The fourth-order valence-corrected chi connectivity index (χ4v) is 3.53. The summed E-state index contributed by atoms with van der Waals surface area (Å²) in [7, 11) is -0.917. The Morgan fingerprint density at radius 1 is 1.41 bits per heavy atom. The molecule has 0 saturated heterocycles. The molecule has 120 valence electrons. The lowest BCUT2D eigenvalue weighted by molar-refractivity contribution is 0.0940. The number of hydrogen-bond acceptors (Lipinski definition) is 5. The highest BCUT2D eigenvalue weighted by Gasteiger charge is 2.24. The van der Waals surface area contributed by atoms with Gasteiger partial charge in [-0.1, -0.05) is 11.6 Å². The second kappa shape index (κ2) is 6.41. The molecule has 1 atom stereocenters. The molecular weight excluding hydrogens is 348 g/mol. The molecule has 2 rings (SSSR count). The summed E-state index contributed by atoms with van der Waals surface area (Å²) in [4.78, 5) is 13.0. The Morgan fingerprint density at radius 2 is 2.09 bits per heavy atom. The molecule has 9 heteroatoms. The van der Waals surface area contributed by atoms with Gasteiger partial charge >= 0.3 is 0 Å². The van der Waals surface area contributed by atoms with E-state index in [2.05, 4.69) is 5.32 Å². The highest BCUT2D eigenvalue weighted by Crippen LogP contribution is 2.27. The summed E-state index contributed by atoms with van der Waals surface area (Å²) in [5.74, 6) is -0.416. The van der Waals surface area contributed by atoms with Crippen LogP contribution in [0.4, 0.5) is 0 Å². The number of carbonyl (C=O) groups excluding carboxylic acids is 1. The zero-order chi connectivity index (χ0) is 16.5. The molecule has 0 bridgehead atoms. The average Bonchev–Trinajstić information content (AvgIpc) is 3.07. The van der Waals surface area contributed by atoms with Gasteiger partial charge in [-0.15, -0.1) is 11.3 Å². The van der Waals surface area contributed by atoms with Gasteiger partial charge in [-0.25, -0.2) is 12.7 Å². The summed E-state index contributed by atoms with van der Waals surface area (Å²) in [6.07, 6.45) is 1.12. The molecule has 0 saturated carbocycles. The number of hydrogen-bond donors (Lipinski definition) is 1. The van der Waals surface area contributed by atoms with E-state index in [0.29, 0.717) is 4.34 Å². The number of nitrogens with one attached hydrogen (secondary N) is 1. The summed E-state index contributed by atoms with van der Waals surface area (Å²) in [6, 6.07) is 4.55. The lowest BCUT2D eigenvalue weighted by atomic mass is 10.2. The molecule has 6 nitrogen and oxygen atoms in total. The van der Waals surface area contributed by atoms with Crippen LogP contribution in [0, 0.1) is 0 Å². The molecule has 0 aliphatic rings. The monoisotopic (exact) mass is 362 g/mol. The Balaban J connectivity index is 2.13. The van der Waals surface area contributed by atoms with Crippen LogP contribution in [-0.4, -0.2) is 32.7 Å². The Kier molecular flexibility index (Phi) is 4.96. The van der Waals surface area contributed by atoms with E-state index < -0.39 is 15.9 Å². The number of rotatable bonds is 5. The fourth-order valence-electron chi connectivity index (χ4n) is 1.66. The first kappa shape index (κ1) is 17.0. The van der Waals surface area contributed by atoms with Crippen molar-refractivity contribution in [3.63, 3.8) is 0 Å². The first-order chi connectivity index (χ1) is 10.2. The molecule has 0 fully saturated rings. The minimum atomic E-state index is -3.70. The summed E-state index contributed by atoms with van der Waals surface area (Å²) in [6.45, 7) is 1.82. The number of nitrogens with zero attached hydrogens (tertiary/aromatic N) is 1. The predicted molar refractivity (Wildman–Crippen MR) is 84.8 cm³/mol. The van der Waals surface area contributed by atoms with Crippen molar-refractivity contribution < 1.29 is 17.6 Å². The van der Waals surface area contributed by atoms with Crippen molar-refractivity contribution in [3.8, 4) is 0 Å². The smallest absolute Gasteiger partial charge is 0.275 e. The maximum atomic E-state index is 12.1. The van der Waals surface area contributed by atoms with E-state index >= 15 is 0 Å². The number of sulfonamides is 1. The predicted octanol–water partition coefficient (Wildman–Crippen LogP) is 2.74. The average molecular weight is 363 g/mol. The molecule has 0 aromatic carbocycles. The first-order valence-electron chi connectivity index (χ1n) is 6.29. The third kappa shape index (κ3) is 3.52. The summed E-state index contributed by atoms with van der Waals surface area (Å²) < 4.78 is 30.5. The van der Waals surface area contributed by atoms with Crippen molar-refractivity contribution in [2.24, 2.45) is 0 Å². The molecule has 0 spiro atoms. The molecule has 2 aromatic rings. The van der Waals surface area contributed by atoms with Crippen LogP contribution in [0.15, 0.2) is 34.0 Å². The van der Waals surface area contributed by atoms with Crippen molar-refractivity contribution in [2.75, 3.05) is 14.1 Å². The van der Waals surface area contributed by atoms with Crippen LogP contribution in [-0.2, 0) is 10.0 Å². The van der Waals surface area contributed by atoms with E-state index in [4.69, 9.17) is 16.0 Å². The van der Waals surface area contributed by atoms with E-state index in [1.807, 2.05) is 13.0 Å². The van der Waals surface area contributed by atoms with E-state index in [1.165, 1.54) is 31.5 Å². The van der Waals surface area contributed by atoms with Crippen LogP contribution in [0.25, 0.3) is 0 Å². The summed E-state index contributed by atoms with van der Waals surface area (Å²) in [5.41, 5.74) is 0.148. The van der Waals surface area contributed by atoms with Crippen LogP contribution in [0.1, 0.15) is 28.2 Å². The number of carbonyl (C=O) groups is 1. The number of furan rings is 1. The molecule has 22 heavy (non-hydrogen) atoms. The third-order valence-electron chi connectivity index (χ3n) is 2.94. The minimum absolute atomic E-state index is 0.148. The Bertz CT molecular complexity index is 780. The molecule has 2 aromatic heterocycles. The van der Waals surface area contributed by atoms with Gasteiger partial charge in [0.05, 0.1) is 15.9 Å². The molecule has 0 radical (unpaired) electrons. The van der Waals surface area contributed by atoms with Crippen molar-refractivity contribution >= 4 is 38.9 Å². The summed E-state index contributed by atoms with van der Waals surface area (Å²) in [5, 5.41) is 2.50. The van der Waals surface area contributed by atoms with Gasteiger partial charge in [0.25, 0.3) is 15.9 Å². The van der Waals surface area contributed by atoms with Crippen molar-refractivity contribution in [1.82, 2.24) is 9.62 Å². The van der Waals surface area contributed by atoms with E-state index in [-0.39, 0.29) is 16.7 Å². The second-order valence-corrected chi connectivity index (χ2v) is 8.61. The van der Waals surface area contributed by atoms with Gasteiger partial charge in [0.1, 0.15) is 6.26 Å². The highest BCUT2D eigenvalue weighted by atomic mass is 35.5. The Hall–Kier alpha value is -1.35. The first-order valence-corrected chi connectivity index (χ1v) is 8.92. The molecule has 1 N–H and O–H groups in total. The number of amides is 1. The van der Waals surface area contributed by atoms with Crippen molar-refractivity contribution in [2.45, 2.75) is 18.1 Å². The standard InChI is InChI=1S/C13H15ClN2O4S2/c1-8(10-4-5-11(14)21-10)15-13(17)9-6-12(20-7-9)22(18,19)16(2)3/h4-8H,1-3H3,(H,15,17). The fraction of sp³-hybridized carbons (Fsp3) is 0.308. The zero-order valence-corrected chi connectivity index (χ0v) is 14.6. The van der Waals surface area contributed by atoms with E-state index in [0.717, 1.165) is 15.4 Å². The van der Waals surface area contributed by atoms with Crippen LogP contribution in [0.2, 0.25) is 4.34 Å². The van der Waals surface area contributed by atoms with Crippen LogP contribution < -0.4 is 5.32 Å². The van der Waals surface area contributed by atoms with Crippen LogP contribution >= 0.6 is 22.9 Å². The Labute approximate surface area is 137 Å². The van der Waals surface area contributed by atoms with Gasteiger partial charge in [0, 0.05) is 25.0 Å². The van der Waals surface area contributed by atoms with Crippen molar-refractivity contribution in [3.05, 3.63) is 39.2 Å². The molecule has 1 unspecified atom stereocenters. The second-order valence-electron chi connectivity index (χ2n) is 4.78. The van der Waals surface area contributed by atoms with E-state index in [1.54, 1.807) is 6.07 Å². The van der Waals surface area contributed by atoms with Crippen molar-refractivity contribution in [1.29, 1.82) is 0 Å². The molecule has 1 amide bonds. The largest absolute Gasteiger partial charge is 0.451 e. The lowest BCUT2D eigenvalue weighted by Gasteiger charge is -2.10. The normalized spacial score (nSPS) is 13.3. The third-order valence-corrected chi connectivity index (χ3v) is 6.04. The summed E-state index contributed by atoms with van der Waals surface area (Å²) >= 11 is 7.23. The SMILES string of the molecule is CC(NC(=O)c1coc(S(=O)(=O)N(C)C)c1)c1ccc(Cl)s1. The molecular formula is C13H15ClN2O4S2. The molecule has 0 aliphatic heterocycles. The maximum Gasteiger partial charge on any atom is 0.275 e. The van der Waals surface area contributed by atoms with Gasteiger partial charge in [0.15, 0.2) is 0 Å². The minimum Gasteiger partial charge on any atom is -0.451 e. The molecule has 2 heterocycles. The molecule has 0 aliphatic carbocycles. The quantitative estimate of drug-likeness (QED) is 0.886. The van der Waals surface area contributed by atoms with Gasteiger partial charge in [-0.2, -0.15) is 0 Å². The van der Waals surface area contributed by atoms with Gasteiger partial charge in [0.2, 0.25) is 5.09 Å². The zero-order valence-electron chi connectivity index (χ0n) is 12.2. The van der Waals surface area contributed by atoms with Gasteiger partial charge in [-0.3, -0.25) is 4.79 Å². The van der Waals surface area contributed by atoms with Gasteiger partial charge < -0.3 is 9.73 Å². The number of halogens is 1. The maximum absolute atomic E-state index is 12.1. The lowest BCUT2D eigenvalue weighted by Crippen LogP contribution is -2.26.